The number of rotatable bonds is 3. The molecule has 3 aromatic rings. The number of aromatic nitrogens is 2. The van der Waals surface area contributed by atoms with Gasteiger partial charge in [-0.3, -0.25) is 14.9 Å². The number of pyridine rings is 1. The van der Waals surface area contributed by atoms with Crippen LogP contribution in [0.3, 0.4) is 0 Å². The van der Waals surface area contributed by atoms with Crippen LogP contribution in [0.15, 0.2) is 55.1 Å². The van der Waals surface area contributed by atoms with Crippen LogP contribution in [-0.2, 0) is 0 Å². The van der Waals surface area contributed by atoms with Crippen LogP contribution < -0.4 is 0 Å². The number of benzene rings is 1. The molecule has 7 nitrogen and oxygen atoms in total. The molecular weight excluding hydrogens is 368 g/mol. The smallest absolute Gasteiger partial charge is 0.256 e. The van der Waals surface area contributed by atoms with E-state index in [4.69, 9.17) is 11.6 Å². The summed E-state index contributed by atoms with van der Waals surface area (Å²) < 4.78 is 1.76. The Morgan fingerprint density at radius 2 is 2.04 bits per heavy atom. The second-order valence-electron chi connectivity index (χ2n) is 6.66. The van der Waals surface area contributed by atoms with E-state index in [0.29, 0.717) is 29.1 Å². The molecular formula is C19H17ClN4O3. The molecule has 1 aliphatic heterocycles. The van der Waals surface area contributed by atoms with E-state index in [9.17, 15) is 14.9 Å². The van der Waals surface area contributed by atoms with E-state index in [0.717, 1.165) is 5.56 Å². The van der Waals surface area contributed by atoms with Crippen LogP contribution in [0.1, 0.15) is 28.3 Å². The predicted molar refractivity (Wildman–Crippen MR) is 101 cm³/mol. The summed E-state index contributed by atoms with van der Waals surface area (Å²) in [5, 5.41) is 12.3. The molecule has 3 heterocycles. The van der Waals surface area contributed by atoms with Gasteiger partial charge in [-0.1, -0.05) is 23.7 Å². The highest BCUT2D eigenvalue weighted by Gasteiger charge is 2.40. The molecule has 8 heteroatoms. The second kappa shape index (κ2) is 7.00. The first-order valence-corrected chi connectivity index (χ1v) is 9.01. The summed E-state index contributed by atoms with van der Waals surface area (Å²) in [6, 6.07) is 9.78. The maximum atomic E-state index is 13.0. The number of fused-ring (bicyclic) bond motifs is 1. The molecule has 1 aromatic carbocycles. The van der Waals surface area contributed by atoms with E-state index in [-0.39, 0.29) is 23.3 Å². The summed E-state index contributed by atoms with van der Waals surface area (Å²) in [6.45, 7) is 0.542. The van der Waals surface area contributed by atoms with Gasteiger partial charge >= 0.3 is 0 Å². The van der Waals surface area contributed by atoms with Crippen LogP contribution in [0.2, 0.25) is 5.02 Å². The number of carbonyl (C=O) groups is 1. The van der Waals surface area contributed by atoms with Gasteiger partial charge in [0, 0.05) is 22.7 Å². The highest BCUT2D eigenvalue weighted by Crippen LogP contribution is 2.31. The average Bonchev–Trinajstić information content (AvgIpc) is 3.16. The first-order valence-electron chi connectivity index (χ1n) is 8.63. The summed E-state index contributed by atoms with van der Waals surface area (Å²) >= 11 is 5.93. The molecule has 0 saturated carbocycles. The first kappa shape index (κ1) is 17.5. The number of piperidine rings is 1. The van der Waals surface area contributed by atoms with Crippen molar-refractivity contribution in [2.24, 2.45) is 0 Å². The van der Waals surface area contributed by atoms with Crippen molar-refractivity contribution in [1.29, 1.82) is 0 Å². The number of hydrogen-bond donors (Lipinski definition) is 0. The summed E-state index contributed by atoms with van der Waals surface area (Å²) in [5.41, 5.74) is 2.08. The Labute approximate surface area is 160 Å². The molecule has 138 valence electrons. The lowest BCUT2D eigenvalue weighted by Crippen LogP contribution is -2.49. The van der Waals surface area contributed by atoms with Crippen molar-refractivity contribution >= 4 is 23.0 Å². The van der Waals surface area contributed by atoms with Crippen LogP contribution in [0, 0.1) is 10.1 Å². The third-order valence-corrected chi connectivity index (χ3v) is 5.37. The maximum absolute atomic E-state index is 13.0. The molecule has 1 aliphatic rings. The molecule has 0 spiro atoms. The van der Waals surface area contributed by atoms with E-state index in [1.165, 1.54) is 0 Å². The summed E-state index contributed by atoms with van der Waals surface area (Å²) in [4.78, 5) is 30.1. The van der Waals surface area contributed by atoms with Gasteiger partial charge in [0.2, 0.25) is 6.04 Å². The van der Waals surface area contributed by atoms with E-state index in [1.54, 1.807) is 46.1 Å². The number of carbonyl (C=O) groups excluding carboxylic acids is 1. The normalized spacial score (nSPS) is 20.0. The van der Waals surface area contributed by atoms with Crippen molar-refractivity contribution < 1.29 is 9.72 Å². The molecule has 0 unspecified atom stereocenters. The third-order valence-electron chi connectivity index (χ3n) is 5.12. The number of hydrogen-bond acceptors (Lipinski definition) is 4. The topological polar surface area (TPSA) is 80.8 Å². The van der Waals surface area contributed by atoms with Crippen LogP contribution in [0.25, 0.3) is 5.52 Å². The van der Waals surface area contributed by atoms with E-state index >= 15 is 0 Å². The third kappa shape index (κ3) is 3.26. The van der Waals surface area contributed by atoms with Crippen molar-refractivity contribution in [2.45, 2.75) is 18.4 Å². The van der Waals surface area contributed by atoms with Crippen molar-refractivity contribution in [1.82, 2.24) is 14.3 Å². The summed E-state index contributed by atoms with van der Waals surface area (Å²) in [7, 11) is 0. The SMILES string of the molecule is O=C(c1cccn2cncc12)N1CC[C@@H](c2ccc(Cl)cc2)[C@H]([N+](=O)[O-])C1. The lowest BCUT2D eigenvalue weighted by Gasteiger charge is -2.34. The molecule has 27 heavy (non-hydrogen) atoms. The Hall–Kier alpha value is -2.93. The maximum Gasteiger partial charge on any atom is 0.256 e. The van der Waals surface area contributed by atoms with Gasteiger partial charge in [0.05, 0.1) is 36.1 Å². The molecule has 1 fully saturated rings. The zero-order valence-electron chi connectivity index (χ0n) is 14.4. The number of likely N-dealkylation sites (tertiary alicyclic amines) is 1. The minimum absolute atomic E-state index is 0.0777. The molecule has 1 amide bonds. The lowest BCUT2D eigenvalue weighted by atomic mass is 9.85. The zero-order chi connectivity index (χ0) is 19.0. The second-order valence-corrected chi connectivity index (χ2v) is 7.10. The van der Waals surface area contributed by atoms with Gasteiger partial charge in [-0.05, 0) is 36.2 Å². The van der Waals surface area contributed by atoms with Crippen LogP contribution >= 0.6 is 11.6 Å². The minimum Gasteiger partial charge on any atom is -0.332 e. The van der Waals surface area contributed by atoms with Gasteiger partial charge in [-0.25, -0.2) is 4.98 Å². The van der Waals surface area contributed by atoms with Crippen LogP contribution in [0.4, 0.5) is 0 Å². The van der Waals surface area contributed by atoms with Gasteiger partial charge in [-0.2, -0.15) is 0 Å². The Morgan fingerprint density at radius 1 is 1.26 bits per heavy atom. The van der Waals surface area contributed by atoms with Gasteiger partial charge < -0.3 is 9.30 Å². The summed E-state index contributed by atoms with van der Waals surface area (Å²) in [5.74, 6) is -0.449. The van der Waals surface area contributed by atoms with Gasteiger partial charge in [0.25, 0.3) is 5.91 Å². The molecule has 2 atom stereocenters. The quantitative estimate of drug-likeness (QED) is 0.512. The van der Waals surface area contributed by atoms with Gasteiger partial charge in [0.1, 0.15) is 0 Å². The zero-order valence-corrected chi connectivity index (χ0v) is 15.1. The van der Waals surface area contributed by atoms with Gasteiger partial charge in [-0.15, -0.1) is 0 Å². The fraction of sp³-hybridized carbons (Fsp3) is 0.263. The Bertz CT molecular complexity index is 1000. The van der Waals surface area contributed by atoms with Crippen molar-refractivity contribution in [3.05, 3.63) is 81.4 Å². The first-order chi connectivity index (χ1) is 13.0. The highest BCUT2D eigenvalue weighted by molar-refractivity contribution is 6.30. The molecule has 0 N–H and O–H groups in total. The fourth-order valence-electron chi connectivity index (χ4n) is 3.73. The number of nitro groups is 1. The lowest BCUT2D eigenvalue weighted by molar-refractivity contribution is -0.529. The Balaban J connectivity index is 1.60. The highest BCUT2D eigenvalue weighted by atomic mass is 35.5. The number of amides is 1. The summed E-state index contributed by atoms with van der Waals surface area (Å²) in [6.07, 6.45) is 5.59. The Kier molecular flexibility index (Phi) is 4.53. The Morgan fingerprint density at radius 3 is 2.78 bits per heavy atom. The monoisotopic (exact) mass is 384 g/mol. The largest absolute Gasteiger partial charge is 0.332 e. The van der Waals surface area contributed by atoms with E-state index < -0.39 is 6.04 Å². The minimum atomic E-state index is -0.853. The van der Waals surface area contributed by atoms with Crippen molar-refractivity contribution in [2.75, 3.05) is 13.1 Å². The average molecular weight is 385 g/mol. The van der Waals surface area contributed by atoms with Gasteiger partial charge in [0.15, 0.2) is 0 Å². The molecule has 0 radical (unpaired) electrons. The van der Waals surface area contributed by atoms with Crippen molar-refractivity contribution in [3.8, 4) is 0 Å². The standard InChI is InChI=1S/C19H17ClN4O3/c20-14-5-3-13(4-6-14)15-7-9-22(11-18(15)24(26)27)19(25)16-2-1-8-23-12-21-10-17(16)23/h1-6,8,10,12,15,18H,7,9,11H2/t15-,18+/m0/s1. The van der Waals surface area contributed by atoms with Crippen LogP contribution in [-0.4, -0.2) is 44.2 Å². The number of imidazole rings is 1. The number of nitrogens with zero attached hydrogens (tertiary/aromatic N) is 4. The molecule has 2 aromatic heterocycles. The molecule has 0 bridgehead atoms. The molecule has 1 saturated heterocycles. The van der Waals surface area contributed by atoms with Crippen LogP contribution in [0.5, 0.6) is 0 Å². The van der Waals surface area contributed by atoms with E-state index in [2.05, 4.69) is 4.98 Å². The molecule has 0 aliphatic carbocycles. The number of halogens is 1. The fourth-order valence-corrected chi connectivity index (χ4v) is 3.86. The van der Waals surface area contributed by atoms with E-state index in [1.807, 2.05) is 18.3 Å². The predicted octanol–water partition coefficient (Wildman–Crippen LogP) is 3.26. The molecule has 4 rings (SSSR count). The van der Waals surface area contributed by atoms with Crippen molar-refractivity contribution in [3.63, 3.8) is 0 Å².